The number of aromatic amines is 1. The Morgan fingerprint density at radius 1 is 1.06 bits per heavy atom. The lowest BCUT2D eigenvalue weighted by Gasteiger charge is -2.18. The smallest absolute Gasteiger partial charge is 0.407 e. The number of carboxylic acid groups (broad SMARTS) is 1. The summed E-state index contributed by atoms with van der Waals surface area (Å²) in [5, 5.41) is 27.3. The summed E-state index contributed by atoms with van der Waals surface area (Å²) in [5.74, 6) is -1.62. The number of nitrogens with one attached hydrogen (secondary N) is 3. The van der Waals surface area contributed by atoms with Crippen molar-refractivity contribution in [2.24, 2.45) is 0 Å². The molecule has 11 nitrogen and oxygen atoms in total. The van der Waals surface area contributed by atoms with Gasteiger partial charge in [0, 0.05) is 18.9 Å². The van der Waals surface area contributed by atoms with Crippen LogP contribution in [0.1, 0.15) is 29.3 Å². The molecule has 4 N–H and O–H groups in total. The number of carbonyl (C=O) groups is 3. The number of rotatable bonds is 9. The molecule has 170 valence electrons. The number of tetrazole rings is 1. The maximum Gasteiger partial charge on any atom is 0.407 e. The van der Waals surface area contributed by atoms with Gasteiger partial charge in [-0.2, -0.15) is 5.21 Å². The van der Waals surface area contributed by atoms with Crippen LogP contribution < -0.4 is 10.6 Å². The first-order valence-corrected chi connectivity index (χ1v) is 10.4. The minimum atomic E-state index is -1.29. The topological polar surface area (TPSA) is 159 Å². The number of aliphatic carboxylic acids is 1. The third kappa shape index (κ3) is 5.14. The number of fused-ring (bicyclic) bond motifs is 3. The predicted molar refractivity (Wildman–Crippen MR) is 115 cm³/mol. The number of hydrogen-bond donors (Lipinski definition) is 4. The van der Waals surface area contributed by atoms with Gasteiger partial charge >= 0.3 is 12.1 Å². The van der Waals surface area contributed by atoms with Gasteiger partial charge in [-0.25, -0.2) is 4.79 Å². The summed E-state index contributed by atoms with van der Waals surface area (Å²) >= 11 is 0. The van der Waals surface area contributed by atoms with E-state index in [1.54, 1.807) is 0 Å². The lowest BCUT2D eigenvalue weighted by atomic mass is 9.98. The van der Waals surface area contributed by atoms with Crippen LogP contribution >= 0.6 is 0 Å². The van der Waals surface area contributed by atoms with Crippen molar-refractivity contribution in [2.45, 2.75) is 24.8 Å². The summed E-state index contributed by atoms with van der Waals surface area (Å²) in [6.07, 6.45) is -1.15. The van der Waals surface area contributed by atoms with Crippen LogP contribution in [-0.2, 0) is 20.7 Å². The van der Waals surface area contributed by atoms with Crippen LogP contribution in [-0.4, -0.2) is 62.9 Å². The van der Waals surface area contributed by atoms with Crippen LogP contribution in [0.25, 0.3) is 11.1 Å². The van der Waals surface area contributed by atoms with Gasteiger partial charge < -0.3 is 20.5 Å². The SMILES string of the molecule is O=C(O)CC(NC(=O)OCC1c2ccccc2-c2ccccc21)C(=O)NCCc1nn[nH]n1. The predicted octanol–water partition coefficient (Wildman–Crippen LogP) is 1.24. The molecular weight excluding hydrogens is 428 g/mol. The van der Waals surface area contributed by atoms with E-state index >= 15 is 0 Å². The molecule has 2 aromatic carbocycles. The molecule has 1 unspecified atom stereocenters. The van der Waals surface area contributed by atoms with Crippen LogP contribution in [0, 0.1) is 0 Å². The van der Waals surface area contributed by atoms with Gasteiger partial charge in [-0.3, -0.25) is 9.59 Å². The number of benzene rings is 2. The van der Waals surface area contributed by atoms with E-state index in [4.69, 9.17) is 9.84 Å². The molecule has 1 atom stereocenters. The van der Waals surface area contributed by atoms with Crippen molar-refractivity contribution in [1.29, 1.82) is 0 Å². The van der Waals surface area contributed by atoms with Gasteiger partial charge in [-0.1, -0.05) is 53.7 Å². The molecule has 2 amide bonds. The van der Waals surface area contributed by atoms with E-state index in [9.17, 15) is 14.4 Å². The molecule has 1 aliphatic carbocycles. The fourth-order valence-corrected chi connectivity index (χ4v) is 3.88. The van der Waals surface area contributed by atoms with E-state index in [0.29, 0.717) is 12.2 Å². The van der Waals surface area contributed by atoms with E-state index < -0.39 is 30.4 Å². The standard InChI is InChI=1S/C22H22N6O5/c29-20(30)11-18(21(31)23-10-9-19-25-27-28-26-19)24-22(32)33-12-17-15-7-3-1-5-13(15)14-6-2-4-8-16(14)17/h1-8,17-18H,9-12H2,(H,23,31)(H,24,32)(H,29,30)(H,25,26,27,28). The van der Waals surface area contributed by atoms with E-state index in [-0.39, 0.29) is 19.1 Å². The monoisotopic (exact) mass is 450 g/mol. The number of amides is 2. The molecule has 4 rings (SSSR count). The molecule has 0 saturated carbocycles. The fourth-order valence-electron chi connectivity index (χ4n) is 3.88. The van der Waals surface area contributed by atoms with Crippen LogP contribution in [0.4, 0.5) is 4.79 Å². The lowest BCUT2D eigenvalue weighted by molar-refractivity contribution is -0.139. The third-order valence-electron chi connectivity index (χ3n) is 5.37. The van der Waals surface area contributed by atoms with Gasteiger partial charge in [-0.15, -0.1) is 10.2 Å². The average molecular weight is 450 g/mol. The summed E-state index contributed by atoms with van der Waals surface area (Å²) in [7, 11) is 0. The van der Waals surface area contributed by atoms with Gasteiger partial charge in [-0.05, 0) is 22.3 Å². The fraction of sp³-hybridized carbons (Fsp3) is 0.273. The molecule has 3 aromatic rings. The maximum atomic E-state index is 12.4. The first kappa shape index (κ1) is 21.9. The molecule has 0 spiro atoms. The van der Waals surface area contributed by atoms with Crippen molar-refractivity contribution in [3.05, 3.63) is 65.5 Å². The number of aromatic nitrogens is 4. The Morgan fingerprint density at radius 3 is 2.33 bits per heavy atom. The number of hydrogen-bond acceptors (Lipinski definition) is 7. The van der Waals surface area contributed by atoms with Gasteiger partial charge in [0.1, 0.15) is 12.6 Å². The Hall–Kier alpha value is -4.28. The molecule has 1 aliphatic rings. The summed E-state index contributed by atoms with van der Waals surface area (Å²) in [5.41, 5.74) is 4.28. The summed E-state index contributed by atoms with van der Waals surface area (Å²) < 4.78 is 5.41. The molecular formula is C22H22N6O5. The Kier molecular flexibility index (Phi) is 6.58. The summed E-state index contributed by atoms with van der Waals surface area (Å²) in [6.45, 7) is 0.208. The van der Waals surface area contributed by atoms with Crippen molar-refractivity contribution in [2.75, 3.05) is 13.2 Å². The zero-order valence-electron chi connectivity index (χ0n) is 17.5. The molecule has 0 bridgehead atoms. The van der Waals surface area contributed by atoms with Crippen molar-refractivity contribution in [3.8, 4) is 11.1 Å². The first-order valence-electron chi connectivity index (χ1n) is 10.4. The van der Waals surface area contributed by atoms with Gasteiger partial charge in [0.05, 0.1) is 6.42 Å². The highest BCUT2D eigenvalue weighted by atomic mass is 16.5. The zero-order valence-corrected chi connectivity index (χ0v) is 17.5. The molecule has 0 aliphatic heterocycles. The maximum absolute atomic E-state index is 12.4. The first-order chi connectivity index (χ1) is 16.0. The second-order valence-corrected chi connectivity index (χ2v) is 7.49. The lowest BCUT2D eigenvalue weighted by Crippen LogP contribution is -2.48. The van der Waals surface area contributed by atoms with E-state index in [1.807, 2.05) is 48.5 Å². The molecule has 11 heteroatoms. The van der Waals surface area contributed by atoms with Crippen LogP contribution in [0.15, 0.2) is 48.5 Å². The minimum Gasteiger partial charge on any atom is -0.481 e. The highest BCUT2D eigenvalue weighted by Gasteiger charge is 2.30. The third-order valence-corrected chi connectivity index (χ3v) is 5.37. The van der Waals surface area contributed by atoms with E-state index in [1.165, 1.54) is 0 Å². The number of nitrogens with zero attached hydrogens (tertiary/aromatic N) is 3. The van der Waals surface area contributed by atoms with Crippen molar-refractivity contribution in [1.82, 2.24) is 31.3 Å². The number of H-pyrrole nitrogens is 1. The quantitative estimate of drug-likeness (QED) is 0.379. The van der Waals surface area contributed by atoms with Gasteiger partial charge in [0.15, 0.2) is 5.82 Å². The Bertz CT molecular complexity index is 1100. The van der Waals surface area contributed by atoms with Crippen molar-refractivity contribution >= 4 is 18.0 Å². The number of alkyl carbamates (subject to hydrolysis) is 1. The normalized spacial score (nSPS) is 13.0. The molecule has 33 heavy (non-hydrogen) atoms. The van der Waals surface area contributed by atoms with Gasteiger partial charge in [0.25, 0.3) is 0 Å². The zero-order chi connectivity index (χ0) is 23.2. The van der Waals surface area contributed by atoms with Crippen LogP contribution in [0.2, 0.25) is 0 Å². The van der Waals surface area contributed by atoms with Crippen molar-refractivity contribution in [3.63, 3.8) is 0 Å². The molecule has 0 radical (unpaired) electrons. The Balaban J connectivity index is 1.35. The second kappa shape index (κ2) is 9.90. The second-order valence-electron chi connectivity index (χ2n) is 7.49. The molecule has 0 fully saturated rings. The highest BCUT2D eigenvalue weighted by molar-refractivity contribution is 5.89. The van der Waals surface area contributed by atoms with Gasteiger partial charge in [0.2, 0.25) is 5.91 Å². The molecule has 0 saturated heterocycles. The number of ether oxygens (including phenoxy) is 1. The number of carboxylic acids is 1. The Morgan fingerprint density at radius 2 is 1.73 bits per heavy atom. The summed E-state index contributed by atoms with van der Waals surface area (Å²) in [4.78, 5) is 36.1. The van der Waals surface area contributed by atoms with Crippen molar-refractivity contribution < 1.29 is 24.2 Å². The average Bonchev–Trinajstić information content (AvgIpc) is 3.43. The Labute approximate surface area is 188 Å². The van der Waals surface area contributed by atoms with Crippen LogP contribution in [0.5, 0.6) is 0 Å². The highest BCUT2D eigenvalue weighted by Crippen LogP contribution is 2.44. The van der Waals surface area contributed by atoms with E-state index in [2.05, 4.69) is 31.3 Å². The number of carbonyl (C=O) groups excluding carboxylic acids is 2. The summed E-state index contributed by atoms with van der Waals surface area (Å²) in [6, 6.07) is 14.5. The molecule has 1 heterocycles. The molecule has 1 aromatic heterocycles. The minimum absolute atomic E-state index is 0.0547. The van der Waals surface area contributed by atoms with Crippen LogP contribution in [0.3, 0.4) is 0 Å². The largest absolute Gasteiger partial charge is 0.481 e. The van der Waals surface area contributed by atoms with E-state index in [0.717, 1.165) is 22.3 Å².